The summed E-state index contributed by atoms with van der Waals surface area (Å²) in [5, 5.41) is 3.01. The molecule has 2 saturated heterocycles. The Balaban J connectivity index is 1.08. The number of rotatable bonds is 5. The fourth-order valence-electron chi connectivity index (χ4n) is 6.15. The molecule has 1 N–H and O–H groups in total. The number of benzene rings is 3. The van der Waals surface area contributed by atoms with Crippen LogP contribution in [0.4, 0.5) is 0 Å². The average molecular weight is 556 g/mol. The van der Waals surface area contributed by atoms with E-state index in [4.69, 9.17) is 11.6 Å². The molecule has 1 atom stereocenters. The predicted molar refractivity (Wildman–Crippen MR) is 152 cm³/mol. The molecule has 2 fully saturated rings. The van der Waals surface area contributed by atoms with Gasteiger partial charge in [-0.2, -0.15) is 0 Å². The van der Waals surface area contributed by atoms with Crippen molar-refractivity contribution in [2.75, 3.05) is 13.1 Å². The molecule has 0 radical (unpaired) electrons. The first-order valence-corrected chi connectivity index (χ1v) is 14.2. The van der Waals surface area contributed by atoms with Crippen molar-refractivity contribution in [3.05, 3.63) is 94.0 Å². The molecular weight excluding hydrogens is 526 g/mol. The molecule has 3 aromatic rings. The molecule has 204 valence electrons. The summed E-state index contributed by atoms with van der Waals surface area (Å²) in [6.07, 6.45) is 3.30. The number of imide groups is 1. The molecule has 6 rings (SSSR count). The van der Waals surface area contributed by atoms with E-state index in [1.807, 2.05) is 65.6 Å². The Morgan fingerprint density at radius 3 is 2.40 bits per heavy atom. The monoisotopic (exact) mass is 555 g/mol. The summed E-state index contributed by atoms with van der Waals surface area (Å²) in [6, 6.07) is 20.6. The Kier molecular flexibility index (Phi) is 7.15. The van der Waals surface area contributed by atoms with E-state index >= 15 is 0 Å². The van der Waals surface area contributed by atoms with Gasteiger partial charge in [0.25, 0.3) is 11.8 Å². The lowest BCUT2D eigenvalue weighted by Gasteiger charge is -2.32. The van der Waals surface area contributed by atoms with Gasteiger partial charge in [-0.3, -0.25) is 24.5 Å². The third kappa shape index (κ3) is 5.13. The van der Waals surface area contributed by atoms with Crippen LogP contribution in [0, 0.1) is 5.92 Å². The molecule has 0 bridgehead atoms. The highest BCUT2D eigenvalue weighted by Gasteiger charge is 2.39. The van der Waals surface area contributed by atoms with E-state index in [-0.39, 0.29) is 24.1 Å². The standard InChI is InChI=1S/C32H30ClN3O4/c33-24-8-6-22(7-9-24)25-3-1-2-4-27(25)31(39)35-15-13-20(14-16-35)17-21-5-10-26-23(18-21)19-36(32(26)40)28-11-12-29(37)34-30(28)38/h1-10,18,20,28H,11-17,19H2,(H,34,37,38). The van der Waals surface area contributed by atoms with Gasteiger partial charge in [0.2, 0.25) is 11.8 Å². The van der Waals surface area contributed by atoms with E-state index in [2.05, 4.69) is 11.4 Å². The molecule has 40 heavy (non-hydrogen) atoms. The van der Waals surface area contributed by atoms with Gasteiger partial charge in [-0.25, -0.2) is 0 Å². The van der Waals surface area contributed by atoms with Gasteiger partial charge in [0, 0.05) is 42.2 Å². The van der Waals surface area contributed by atoms with Crippen LogP contribution in [0.2, 0.25) is 5.02 Å². The largest absolute Gasteiger partial charge is 0.339 e. The van der Waals surface area contributed by atoms with E-state index in [0.29, 0.717) is 48.1 Å². The predicted octanol–water partition coefficient (Wildman–Crippen LogP) is 4.86. The van der Waals surface area contributed by atoms with Crippen molar-refractivity contribution in [1.29, 1.82) is 0 Å². The van der Waals surface area contributed by atoms with Crippen LogP contribution in [0.1, 0.15) is 57.5 Å². The maximum Gasteiger partial charge on any atom is 0.255 e. The highest BCUT2D eigenvalue weighted by atomic mass is 35.5. The van der Waals surface area contributed by atoms with Crippen LogP contribution in [0.3, 0.4) is 0 Å². The molecule has 7 nitrogen and oxygen atoms in total. The zero-order valence-electron chi connectivity index (χ0n) is 22.1. The summed E-state index contributed by atoms with van der Waals surface area (Å²) in [4.78, 5) is 53.9. The summed E-state index contributed by atoms with van der Waals surface area (Å²) < 4.78 is 0. The second-order valence-corrected chi connectivity index (χ2v) is 11.3. The molecular formula is C32H30ClN3O4. The zero-order valence-corrected chi connectivity index (χ0v) is 22.8. The summed E-state index contributed by atoms with van der Waals surface area (Å²) >= 11 is 6.06. The Bertz CT molecular complexity index is 1490. The van der Waals surface area contributed by atoms with Gasteiger partial charge in [0.05, 0.1) is 0 Å². The number of fused-ring (bicyclic) bond motifs is 1. The molecule has 8 heteroatoms. The summed E-state index contributed by atoms with van der Waals surface area (Å²) in [6.45, 7) is 1.78. The number of nitrogens with zero attached hydrogens (tertiary/aromatic N) is 2. The number of hydrogen-bond donors (Lipinski definition) is 1. The average Bonchev–Trinajstić information content (AvgIpc) is 3.28. The number of likely N-dealkylation sites (tertiary alicyclic amines) is 1. The summed E-state index contributed by atoms with van der Waals surface area (Å²) in [5.74, 6) is -0.340. The highest BCUT2D eigenvalue weighted by Crippen LogP contribution is 2.31. The maximum atomic E-state index is 13.5. The van der Waals surface area contributed by atoms with Crippen LogP contribution in [-0.4, -0.2) is 52.6 Å². The lowest BCUT2D eigenvalue weighted by atomic mass is 9.88. The van der Waals surface area contributed by atoms with Gasteiger partial charge < -0.3 is 9.80 Å². The fraction of sp³-hybridized carbons (Fsp3) is 0.312. The minimum Gasteiger partial charge on any atom is -0.339 e. The lowest BCUT2D eigenvalue weighted by molar-refractivity contribution is -0.136. The van der Waals surface area contributed by atoms with Gasteiger partial charge in [0.1, 0.15) is 6.04 Å². The Morgan fingerprint density at radius 1 is 0.900 bits per heavy atom. The van der Waals surface area contributed by atoms with Gasteiger partial charge in [-0.1, -0.05) is 54.1 Å². The molecule has 1 unspecified atom stereocenters. The minimum atomic E-state index is -0.604. The molecule has 3 aromatic carbocycles. The van der Waals surface area contributed by atoms with Crippen molar-refractivity contribution in [2.24, 2.45) is 5.92 Å². The fourth-order valence-corrected chi connectivity index (χ4v) is 6.28. The number of piperidine rings is 2. The Labute approximate surface area is 238 Å². The first-order chi connectivity index (χ1) is 19.4. The summed E-state index contributed by atoms with van der Waals surface area (Å²) in [5.41, 5.74) is 5.30. The van der Waals surface area contributed by atoms with Crippen molar-refractivity contribution >= 4 is 35.2 Å². The third-order valence-electron chi connectivity index (χ3n) is 8.33. The number of nitrogens with one attached hydrogen (secondary N) is 1. The smallest absolute Gasteiger partial charge is 0.255 e. The molecule has 4 amide bonds. The third-order valence-corrected chi connectivity index (χ3v) is 8.58. The van der Waals surface area contributed by atoms with E-state index in [9.17, 15) is 19.2 Å². The van der Waals surface area contributed by atoms with Crippen LogP contribution in [0.5, 0.6) is 0 Å². The number of carbonyl (C=O) groups excluding carboxylic acids is 4. The van der Waals surface area contributed by atoms with Gasteiger partial charge in [-0.15, -0.1) is 0 Å². The second kappa shape index (κ2) is 10.9. The van der Waals surface area contributed by atoms with Crippen LogP contribution in [0.15, 0.2) is 66.7 Å². The van der Waals surface area contributed by atoms with E-state index in [0.717, 1.165) is 41.5 Å². The topological polar surface area (TPSA) is 86.8 Å². The molecule has 3 aliphatic rings. The highest BCUT2D eigenvalue weighted by molar-refractivity contribution is 6.30. The van der Waals surface area contributed by atoms with Crippen LogP contribution < -0.4 is 5.32 Å². The van der Waals surface area contributed by atoms with Gasteiger partial charge >= 0.3 is 0 Å². The molecule has 0 saturated carbocycles. The first-order valence-electron chi connectivity index (χ1n) is 13.8. The molecule has 0 aromatic heterocycles. The van der Waals surface area contributed by atoms with Crippen molar-refractivity contribution in [3.8, 4) is 11.1 Å². The van der Waals surface area contributed by atoms with Crippen LogP contribution in [-0.2, 0) is 22.6 Å². The Hall–Kier alpha value is -3.97. The minimum absolute atomic E-state index is 0.0496. The maximum absolute atomic E-state index is 13.5. The number of halogens is 1. The van der Waals surface area contributed by atoms with Gasteiger partial charge in [0.15, 0.2) is 0 Å². The number of hydrogen-bond acceptors (Lipinski definition) is 4. The van der Waals surface area contributed by atoms with Gasteiger partial charge in [-0.05, 0) is 78.1 Å². The quantitative estimate of drug-likeness (QED) is 0.455. The molecule has 3 aliphatic heterocycles. The zero-order chi connectivity index (χ0) is 27.8. The van der Waals surface area contributed by atoms with Crippen molar-refractivity contribution in [2.45, 2.75) is 44.7 Å². The van der Waals surface area contributed by atoms with Crippen molar-refractivity contribution in [3.63, 3.8) is 0 Å². The Morgan fingerprint density at radius 2 is 1.65 bits per heavy atom. The van der Waals surface area contributed by atoms with Crippen molar-refractivity contribution < 1.29 is 19.2 Å². The van der Waals surface area contributed by atoms with E-state index in [1.54, 1.807) is 4.90 Å². The normalized spacial score (nSPS) is 19.5. The van der Waals surface area contributed by atoms with E-state index in [1.165, 1.54) is 0 Å². The first kappa shape index (κ1) is 26.3. The van der Waals surface area contributed by atoms with Crippen molar-refractivity contribution in [1.82, 2.24) is 15.1 Å². The molecule has 0 aliphatic carbocycles. The lowest BCUT2D eigenvalue weighted by Crippen LogP contribution is -2.52. The second-order valence-electron chi connectivity index (χ2n) is 10.9. The number of carbonyl (C=O) groups is 4. The SMILES string of the molecule is O=C1CCC(N2Cc3cc(CC4CCN(C(=O)c5ccccc5-c5ccc(Cl)cc5)CC4)ccc3C2=O)C(=O)N1. The molecule has 0 spiro atoms. The van der Waals surface area contributed by atoms with Crippen LogP contribution >= 0.6 is 11.6 Å². The van der Waals surface area contributed by atoms with Crippen LogP contribution in [0.25, 0.3) is 11.1 Å². The van der Waals surface area contributed by atoms with E-state index < -0.39 is 11.9 Å². The molecule has 3 heterocycles. The number of amides is 4. The summed E-state index contributed by atoms with van der Waals surface area (Å²) in [7, 11) is 0.